The van der Waals surface area contributed by atoms with Crippen LogP contribution in [0.25, 0.3) is 0 Å². The van der Waals surface area contributed by atoms with Crippen molar-refractivity contribution >= 4 is 52.1 Å². The number of halogens is 2. The van der Waals surface area contributed by atoms with Gasteiger partial charge in [-0.2, -0.15) is 0 Å². The molecular formula is C19H25Cl2N3OS. The molecule has 2 aliphatic rings. The summed E-state index contributed by atoms with van der Waals surface area (Å²) in [6.07, 6.45) is 7.62. The van der Waals surface area contributed by atoms with Gasteiger partial charge >= 0.3 is 0 Å². The second-order valence-corrected chi connectivity index (χ2v) is 8.41. The second-order valence-electron chi connectivity index (χ2n) is 7.16. The predicted molar refractivity (Wildman–Crippen MR) is 112 cm³/mol. The van der Waals surface area contributed by atoms with Crippen molar-refractivity contribution in [2.45, 2.75) is 51.0 Å². The molecule has 1 heterocycles. The van der Waals surface area contributed by atoms with Crippen molar-refractivity contribution in [3.8, 4) is 0 Å². The van der Waals surface area contributed by atoms with Crippen molar-refractivity contribution in [1.82, 2.24) is 10.2 Å². The van der Waals surface area contributed by atoms with E-state index >= 15 is 0 Å². The molecular weight excluding hydrogens is 389 g/mol. The fourth-order valence-electron chi connectivity index (χ4n) is 3.79. The van der Waals surface area contributed by atoms with Crippen LogP contribution in [0.3, 0.4) is 0 Å². The van der Waals surface area contributed by atoms with E-state index < -0.39 is 0 Å². The van der Waals surface area contributed by atoms with E-state index in [2.05, 4.69) is 10.6 Å². The van der Waals surface area contributed by atoms with Crippen molar-refractivity contribution in [3.63, 3.8) is 0 Å². The molecule has 26 heavy (non-hydrogen) atoms. The number of nitrogens with zero attached hydrogens (tertiary/aromatic N) is 1. The maximum atomic E-state index is 12.6. The second kappa shape index (κ2) is 9.25. The number of likely N-dealkylation sites (tertiary alicyclic amines) is 1. The lowest BCUT2D eigenvalue weighted by Gasteiger charge is -2.35. The maximum absolute atomic E-state index is 12.6. The molecule has 0 atom stereocenters. The first-order valence-electron chi connectivity index (χ1n) is 9.34. The molecule has 1 saturated carbocycles. The number of piperidine rings is 1. The molecule has 3 rings (SSSR count). The summed E-state index contributed by atoms with van der Waals surface area (Å²) in [5.74, 6) is 0.611. The van der Waals surface area contributed by atoms with Gasteiger partial charge in [0.05, 0.1) is 10.7 Å². The van der Waals surface area contributed by atoms with E-state index in [1.54, 1.807) is 12.1 Å². The number of rotatable bonds is 3. The van der Waals surface area contributed by atoms with Gasteiger partial charge in [0.15, 0.2) is 5.11 Å². The largest absolute Gasteiger partial charge is 0.360 e. The summed E-state index contributed by atoms with van der Waals surface area (Å²) in [6.45, 7) is 1.61. The Bertz CT molecular complexity index is 656. The number of benzene rings is 1. The standard InChI is InChI=1S/C19H25Cl2N3OS/c20-14-6-7-17(16(21)12-14)23-19(26)22-15-8-10-24(11-9-15)18(25)13-4-2-1-3-5-13/h6-7,12-13,15H,1-5,8-11H2,(H2,22,23,26). The number of carbonyl (C=O) groups is 1. The van der Waals surface area contributed by atoms with E-state index in [1.165, 1.54) is 19.3 Å². The lowest BCUT2D eigenvalue weighted by Crippen LogP contribution is -2.49. The predicted octanol–water partition coefficient (Wildman–Crippen LogP) is 4.85. The van der Waals surface area contributed by atoms with Gasteiger partial charge in [-0.05, 0) is 56.1 Å². The van der Waals surface area contributed by atoms with Crippen molar-refractivity contribution < 1.29 is 4.79 Å². The van der Waals surface area contributed by atoms with Crippen LogP contribution < -0.4 is 10.6 Å². The Kier molecular flexibility index (Phi) is 7.01. The molecule has 1 amide bonds. The highest BCUT2D eigenvalue weighted by molar-refractivity contribution is 7.80. The van der Waals surface area contributed by atoms with Gasteiger partial charge in [0.1, 0.15) is 0 Å². The molecule has 7 heteroatoms. The van der Waals surface area contributed by atoms with Crippen molar-refractivity contribution in [2.75, 3.05) is 18.4 Å². The third-order valence-electron chi connectivity index (χ3n) is 5.28. The van der Waals surface area contributed by atoms with E-state index in [-0.39, 0.29) is 12.0 Å². The molecule has 0 bridgehead atoms. The number of hydrogen-bond donors (Lipinski definition) is 2. The van der Waals surface area contributed by atoms with E-state index in [0.29, 0.717) is 21.1 Å². The first-order chi connectivity index (χ1) is 12.5. The van der Waals surface area contributed by atoms with Gasteiger partial charge in [0.2, 0.25) is 5.91 Å². The zero-order valence-electron chi connectivity index (χ0n) is 14.8. The number of hydrogen-bond acceptors (Lipinski definition) is 2. The molecule has 2 N–H and O–H groups in total. The third-order valence-corrected chi connectivity index (χ3v) is 6.04. The van der Waals surface area contributed by atoms with Crippen LogP contribution >= 0.6 is 35.4 Å². The molecule has 0 spiro atoms. The van der Waals surface area contributed by atoms with Crippen molar-refractivity contribution in [2.24, 2.45) is 5.92 Å². The number of amides is 1. The summed E-state index contributed by atoms with van der Waals surface area (Å²) in [5.41, 5.74) is 0.735. The number of carbonyl (C=O) groups excluding carboxylic acids is 1. The van der Waals surface area contributed by atoms with Gasteiger partial charge in [-0.15, -0.1) is 0 Å². The van der Waals surface area contributed by atoms with Gasteiger partial charge in [0, 0.05) is 30.1 Å². The number of anilines is 1. The number of nitrogens with one attached hydrogen (secondary N) is 2. The minimum absolute atomic E-state index is 0.253. The topological polar surface area (TPSA) is 44.4 Å². The first-order valence-corrected chi connectivity index (χ1v) is 10.5. The van der Waals surface area contributed by atoms with Gasteiger partial charge in [-0.3, -0.25) is 4.79 Å². The van der Waals surface area contributed by atoms with Crippen LogP contribution in [0.2, 0.25) is 10.0 Å². The summed E-state index contributed by atoms with van der Waals surface area (Å²) in [6, 6.07) is 5.54. The zero-order valence-corrected chi connectivity index (χ0v) is 17.1. The molecule has 142 valence electrons. The highest BCUT2D eigenvalue weighted by atomic mass is 35.5. The summed E-state index contributed by atoms with van der Waals surface area (Å²) in [5, 5.41) is 8.13. The lowest BCUT2D eigenvalue weighted by atomic mass is 9.87. The molecule has 1 aliphatic heterocycles. The Hall–Kier alpha value is -1.04. The monoisotopic (exact) mass is 413 g/mol. The summed E-state index contributed by atoms with van der Waals surface area (Å²) in [7, 11) is 0. The van der Waals surface area contributed by atoms with E-state index in [4.69, 9.17) is 35.4 Å². The Morgan fingerprint density at radius 1 is 1.08 bits per heavy atom. The number of thiocarbonyl (C=S) groups is 1. The highest BCUT2D eigenvalue weighted by Gasteiger charge is 2.29. The summed E-state index contributed by atoms with van der Waals surface area (Å²) in [4.78, 5) is 14.7. The van der Waals surface area contributed by atoms with Crippen LogP contribution in [-0.4, -0.2) is 35.1 Å². The molecule has 0 aromatic heterocycles. The third kappa shape index (κ3) is 5.24. The molecule has 2 fully saturated rings. The fraction of sp³-hybridized carbons (Fsp3) is 0.579. The van der Waals surface area contributed by atoms with Crippen molar-refractivity contribution in [3.05, 3.63) is 28.2 Å². The van der Waals surface area contributed by atoms with Gasteiger partial charge in [-0.25, -0.2) is 0 Å². The average molecular weight is 414 g/mol. The van der Waals surface area contributed by atoms with E-state index in [9.17, 15) is 4.79 Å². The van der Waals surface area contributed by atoms with Crippen molar-refractivity contribution in [1.29, 1.82) is 0 Å². The molecule has 1 aliphatic carbocycles. The van der Waals surface area contributed by atoms with Gasteiger partial charge in [0.25, 0.3) is 0 Å². The Morgan fingerprint density at radius 2 is 1.77 bits per heavy atom. The van der Waals surface area contributed by atoms with Crippen LogP contribution in [0, 0.1) is 5.92 Å². The molecule has 1 aromatic carbocycles. The summed E-state index contributed by atoms with van der Waals surface area (Å²) >= 11 is 17.5. The Morgan fingerprint density at radius 3 is 2.42 bits per heavy atom. The minimum atomic E-state index is 0.253. The smallest absolute Gasteiger partial charge is 0.225 e. The Balaban J connectivity index is 1.44. The molecule has 0 radical (unpaired) electrons. The van der Waals surface area contributed by atoms with Gasteiger partial charge in [-0.1, -0.05) is 42.5 Å². The maximum Gasteiger partial charge on any atom is 0.225 e. The van der Waals surface area contributed by atoms with Gasteiger partial charge < -0.3 is 15.5 Å². The van der Waals surface area contributed by atoms with Crippen LogP contribution in [-0.2, 0) is 4.79 Å². The Labute approximate surface area is 170 Å². The molecule has 1 saturated heterocycles. The minimum Gasteiger partial charge on any atom is -0.360 e. The molecule has 1 aromatic rings. The van der Waals surface area contributed by atoms with Crippen LogP contribution in [0.15, 0.2) is 18.2 Å². The average Bonchev–Trinajstić information content (AvgIpc) is 2.65. The first kappa shape index (κ1) is 19.7. The zero-order chi connectivity index (χ0) is 18.5. The quantitative estimate of drug-likeness (QED) is 0.694. The van der Waals surface area contributed by atoms with Crippen LogP contribution in [0.4, 0.5) is 5.69 Å². The van der Waals surface area contributed by atoms with E-state index in [1.807, 2.05) is 11.0 Å². The van der Waals surface area contributed by atoms with Crippen LogP contribution in [0.1, 0.15) is 44.9 Å². The highest BCUT2D eigenvalue weighted by Crippen LogP contribution is 2.27. The van der Waals surface area contributed by atoms with Crippen LogP contribution in [0.5, 0.6) is 0 Å². The van der Waals surface area contributed by atoms with E-state index in [0.717, 1.165) is 44.5 Å². The lowest BCUT2D eigenvalue weighted by molar-refractivity contribution is -0.137. The molecule has 0 unspecified atom stereocenters. The fourth-order valence-corrected chi connectivity index (χ4v) is 4.52. The normalized spacial score (nSPS) is 19.2. The molecule has 4 nitrogen and oxygen atoms in total. The summed E-state index contributed by atoms with van der Waals surface area (Å²) < 4.78 is 0. The SMILES string of the molecule is O=C(C1CCCCC1)N1CCC(NC(=S)Nc2ccc(Cl)cc2Cl)CC1.